The van der Waals surface area contributed by atoms with Crippen LogP contribution in [0.1, 0.15) is 23.2 Å². The third kappa shape index (κ3) is 4.39. The van der Waals surface area contributed by atoms with Crippen LogP contribution in [-0.4, -0.2) is 50.6 Å². The lowest BCUT2D eigenvalue weighted by Crippen LogP contribution is -2.31. The summed E-state index contributed by atoms with van der Waals surface area (Å²) < 4.78 is 9.67. The minimum Gasteiger partial charge on any atom is -0.452 e. The van der Waals surface area contributed by atoms with Gasteiger partial charge in [0.2, 0.25) is 11.8 Å². The normalized spacial score (nSPS) is 14.0. The van der Waals surface area contributed by atoms with Gasteiger partial charge in [0.1, 0.15) is 0 Å². The molecule has 0 aliphatic carbocycles. The Morgan fingerprint density at radius 2 is 1.75 bits per heavy atom. The molecule has 1 N–H and O–H groups in total. The minimum absolute atomic E-state index is 0.195. The molecule has 0 unspecified atom stereocenters. The Balaban J connectivity index is 1.88. The molecule has 0 radical (unpaired) electrons. The maximum Gasteiger partial charge on any atom is 0.338 e. The summed E-state index contributed by atoms with van der Waals surface area (Å²) in [7, 11) is 1.51. The molecule has 1 aromatic carbocycles. The lowest BCUT2D eigenvalue weighted by atomic mass is 10.2. The molecule has 8 nitrogen and oxygen atoms in total. The van der Waals surface area contributed by atoms with E-state index in [9.17, 15) is 19.2 Å². The molecule has 2 rings (SSSR count). The fraction of sp³-hybridized carbons (Fsp3) is 0.375. The molecule has 1 saturated heterocycles. The average Bonchev–Trinajstić information content (AvgIpc) is 2.92. The fourth-order valence-corrected chi connectivity index (χ4v) is 2.17. The Labute approximate surface area is 138 Å². The first-order chi connectivity index (χ1) is 11.5. The number of nitrogens with one attached hydrogen (secondary N) is 1. The van der Waals surface area contributed by atoms with E-state index in [0.717, 1.165) is 4.90 Å². The van der Waals surface area contributed by atoms with Gasteiger partial charge in [-0.25, -0.2) is 4.79 Å². The van der Waals surface area contributed by atoms with E-state index in [0.29, 0.717) is 18.8 Å². The Bertz CT molecular complexity index is 624. The van der Waals surface area contributed by atoms with Crippen molar-refractivity contribution in [3.8, 4) is 0 Å². The summed E-state index contributed by atoms with van der Waals surface area (Å²) in [5, 5.41) is 2.52. The van der Waals surface area contributed by atoms with Crippen LogP contribution in [0, 0.1) is 0 Å². The van der Waals surface area contributed by atoms with Crippen molar-refractivity contribution in [2.75, 3.05) is 31.8 Å². The van der Waals surface area contributed by atoms with E-state index < -0.39 is 18.5 Å². The van der Waals surface area contributed by atoms with E-state index in [1.165, 1.54) is 31.4 Å². The van der Waals surface area contributed by atoms with Crippen molar-refractivity contribution in [2.24, 2.45) is 0 Å². The molecule has 0 aromatic heterocycles. The maximum atomic E-state index is 11.9. The van der Waals surface area contributed by atoms with Gasteiger partial charge in [0, 0.05) is 26.5 Å². The highest BCUT2D eigenvalue weighted by Gasteiger charge is 2.30. The van der Waals surface area contributed by atoms with Crippen molar-refractivity contribution < 1.29 is 28.7 Å². The molecule has 8 heteroatoms. The first-order valence-corrected chi connectivity index (χ1v) is 7.41. The van der Waals surface area contributed by atoms with Crippen molar-refractivity contribution in [3.63, 3.8) is 0 Å². The number of methoxy groups -OCH3 is 1. The predicted octanol–water partition coefficient (Wildman–Crippen LogP) is 0.259. The topological polar surface area (TPSA) is 102 Å². The first-order valence-electron chi connectivity index (χ1n) is 7.41. The molecule has 0 saturated carbocycles. The second-order valence-corrected chi connectivity index (χ2v) is 5.09. The molecule has 0 spiro atoms. The molecule has 0 bridgehead atoms. The number of benzene rings is 1. The zero-order valence-corrected chi connectivity index (χ0v) is 13.2. The van der Waals surface area contributed by atoms with Gasteiger partial charge in [0.25, 0.3) is 5.91 Å². The number of esters is 1. The second kappa shape index (κ2) is 8.21. The molecular formula is C16H18N2O6. The summed E-state index contributed by atoms with van der Waals surface area (Å²) in [5.74, 6) is -1.61. The van der Waals surface area contributed by atoms with Gasteiger partial charge in [-0.2, -0.15) is 0 Å². The maximum absolute atomic E-state index is 11.9. The molecule has 0 atom stereocenters. The Morgan fingerprint density at radius 3 is 2.33 bits per heavy atom. The van der Waals surface area contributed by atoms with Gasteiger partial charge in [-0.05, 0) is 24.3 Å². The number of anilines is 1. The van der Waals surface area contributed by atoms with E-state index >= 15 is 0 Å². The van der Waals surface area contributed by atoms with Crippen LogP contribution in [0.2, 0.25) is 0 Å². The van der Waals surface area contributed by atoms with Crippen molar-refractivity contribution in [1.82, 2.24) is 5.32 Å². The smallest absolute Gasteiger partial charge is 0.338 e. The van der Waals surface area contributed by atoms with E-state index in [1.54, 1.807) is 0 Å². The lowest BCUT2D eigenvalue weighted by Gasteiger charge is -2.14. The Kier molecular flexibility index (Phi) is 6.02. The molecule has 1 heterocycles. The monoisotopic (exact) mass is 334 g/mol. The van der Waals surface area contributed by atoms with Crippen molar-refractivity contribution >= 4 is 29.4 Å². The summed E-state index contributed by atoms with van der Waals surface area (Å²) in [6, 6.07) is 5.88. The van der Waals surface area contributed by atoms with Crippen molar-refractivity contribution in [1.29, 1.82) is 0 Å². The largest absolute Gasteiger partial charge is 0.452 e. The van der Waals surface area contributed by atoms with Crippen molar-refractivity contribution in [2.45, 2.75) is 12.8 Å². The predicted molar refractivity (Wildman–Crippen MR) is 83.3 cm³/mol. The number of ether oxygens (including phenoxy) is 2. The van der Waals surface area contributed by atoms with Gasteiger partial charge >= 0.3 is 5.97 Å². The zero-order chi connectivity index (χ0) is 17.5. The van der Waals surface area contributed by atoms with Crippen LogP contribution in [0.25, 0.3) is 0 Å². The molecule has 3 amide bonds. The van der Waals surface area contributed by atoms with Crippen molar-refractivity contribution in [3.05, 3.63) is 29.8 Å². The third-order valence-corrected chi connectivity index (χ3v) is 3.38. The number of hydrogen-bond donors (Lipinski definition) is 1. The number of imide groups is 1. The summed E-state index contributed by atoms with van der Waals surface area (Å²) in [6.07, 6.45) is 0.390. The fourth-order valence-electron chi connectivity index (χ4n) is 2.17. The van der Waals surface area contributed by atoms with E-state index in [4.69, 9.17) is 9.47 Å². The van der Waals surface area contributed by atoms with Gasteiger partial charge in [0.05, 0.1) is 17.9 Å². The molecule has 1 aliphatic heterocycles. The van der Waals surface area contributed by atoms with Crippen LogP contribution in [0.15, 0.2) is 24.3 Å². The number of carbonyl (C=O) groups is 4. The summed E-state index contributed by atoms with van der Waals surface area (Å²) in [6.45, 7) is 0.307. The number of carbonyl (C=O) groups excluding carboxylic acids is 4. The highest BCUT2D eigenvalue weighted by atomic mass is 16.5. The molecule has 1 fully saturated rings. The van der Waals surface area contributed by atoms with Crippen LogP contribution in [0.5, 0.6) is 0 Å². The van der Waals surface area contributed by atoms with Crippen LogP contribution in [0.3, 0.4) is 0 Å². The number of hydrogen-bond acceptors (Lipinski definition) is 6. The van der Waals surface area contributed by atoms with Gasteiger partial charge < -0.3 is 14.8 Å². The molecule has 128 valence electrons. The Hall–Kier alpha value is -2.74. The van der Waals surface area contributed by atoms with Gasteiger partial charge in [-0.15, -0.1) is 0 Å². The summed E-state index contributed by atoms with van der Waals surface area (Å²) in [5.41, 5.74) is 0.638. The van der Waals surface area contributed by atoms with Crippen LogP contribution >= 0.6 is 0 Å². The number of amides is 3. The minimum atomic E-state index is -0.664. The molecular weight excluding hydrogens is 316 g/mol. The molecule has 1 aromatic rings. The molecule has 24 heavy (non-hydrogen) atoms. The lowest BCUT2D eigenvalue weighted by molar-refractivity contribution is -0.124. The van der Waals surface area contributed by atoms with Gasteiger partial charge in [-0.1, -0.05) is 0 Å². The highest BCUT2D eigenvalue weighted by molar-refractivity contribution is 6.19. The standard InChI is InChI=1S/C16H18N2O6/c1-23-9-8-17-13(19)10-24-16(22)11-2-4-12(5-3-11)18-14(20)6-7-15(18)21/h2-5H,6-10H2,1H3,(H,17,19). The van der Waals surface area contributed by atoms with Crippen LogP contribution < -0.4 is 10.2 Å². The Morgan fingerprint density at radius 1 is 1.12 bits per heavy atom. The van der Waals surface area contributed by atoms with Gasteiger partial charge in [-0.3, -0.25) is 19.3 Å². The van der Waals surface area contributed by atoms with E-state index in [-0.39, 0.29) is 30.2 Å². The van der Waals surface area contributed by atoms with Crippen LogP contribution in [0.4, 0.5) is 5.69 Å². The van der Waals surface area contributed by atoms with Crippen LogP contribution in [-0.2, 0) is 23.9 Å². The molecule has 1 aliphatic rings. The zero-order valence-electron chi connectivity index (χ0n) is 13.2. The summed E-state index contributed by atoms with van der Waals surface area (Å²) >= 11 is 0. The third-order valence-electron chi connectivity index (χ3n) is 3.38. The summed E-state index contributed by atoms with van der Waals surface area (Å²) in [4.78, 5) is 47.7. The van der Waals surface area contributed by atoms with Gasteiger partial charge in [0.15, 0.2) is 6.61 Å². The highest BCUT2D eigenvalue weighted by Crippen LogP contribution is 2.22. The SMILES string of the molecule is COCCNC(=O)COC(=O)c1ccc(N2C(=O)CCC2=O)cc1. The van der Waals surface area contributed by atoms with E-state index in [2.05, 4.69) is 5.32 Å². The number of nitrogens with zero attached hydrogens (tertiary/aromatic N) is 1. The average molecular weight is 334 g/mol. The second-order valence-electron chi connectivity index (χ2n) is 5.09. The van der Waals surface area contributed by atoms with E-state index in [1.807, 2.05) is 0 Å². The first kappa shape index (κ1) is 17.6. The number of rotatable bonds is 7. The quantitative estimate of drug-likeness (QED) is 0.436.